The third kappa shape index (κ3) is 2.31. The predicted molar refractivity (Wildman–Crippen MR) is 101 cm³/mol. The highest BCUT2D eigenvalue weighted by atomic mass is 16.6. The Hall–Kier alpha value is -3.10. The Labute approximate surface area is 159 Å². The zero-order valence-electron chi connectivity index (χ0n) is 15.3. The average Bonchev–Trinajstić information content (AvgIpc) is 3.14. The molecule has 3 N–H and O–H groups in total. The lowest BCUT2D eigenvalue weighted by Gasteiger charge is -2.28. The summed E-state index contributed by atoms with van der Waals surface area (Å²) in [5.74, 6) is -1.05. The number of para-hydroxylation sites is 1. The summed E-state index contributed by atoms with van der Waals surface area (Å²) >= 11 is 0. The maximum absolute atomic E-state index is 13.0. The van der Waals surface area contributed by atoms with Gasteiger partial charge in [-0.05, 0) is 12.1 Å². The molecule has 0 unspecified atom stereocenters. The van der Waals surface area contributed by atoms with Gasteiger partial charge in [-0.1, -0.05) is 12.1 Å². The third-order valence-corrected chi connectivity index (χ3v) is 5.39. The van der Waals surface area contributed by atoms with Gasteiger partial charge in [0.2, 0.25) is 11.0 Å². The van der Waals surface area contributed by atoms with Crippen LogP contribution in [0.2, 0.25) is 0 Å². The Morgan fingerprint density at radius 1 is 1.39 bits per heavy atom. The Morgan fingerprint density at radius 2 is 2.11 bits per heavy atom. The fourth-order valence-corrected chi connectivity index (χ4v) is 3.90. The average molecular weight is 385 g/mol. The van der Waals surface area contributed by atoms with Gasteiger partial charge in [0.25, 0.3) is 0 Å². The molecule has 1 aromatic heterocycles. The lowest BCUT2D eigenvalue weighted by Crippen LogP contribution is -2.55. The minimum atomic E-state index is -2.27. The number of hydrogen-bond donors (Lipinski definition) is 3. The van der Waals surface area contributed by atoms with Gasteiger partial charge in [0.1, 0.15) is 17.6 Å². The highest BCUT2D eigenvalue weighted by molar-refractivity contribution is 5.99. The van der Waals surface area contributed by atoms with Gasteiger partial charge in [0, 0.05) is 30.5 Å². The molecule has 146 valence electrons. The van der Waals surface area contributed by atoms with Crippen LogP contribution in [0.1, 0.15) is 5.56 Å². The van der Waals surface area contributed by atoms with Crippen LogP contribution in [0, 0.1) is 0 Å². The molecule has 0 saturated heterocycles. The summed E-state index contributed by atoms with van der Waals surface area (Å²) in [5.41, 5.74) is -0.921. The first-order valence-electron chi connectivity index (χ1n) is 8.68. The number of nitrogens with zero attached hydrogens (tertiary/aromatic N) is 1. The molecule has 2 heterocycles. The van der Waals surface area contributed by atoms with Gasteiger partial charge in [-0.2, -0.15) is 0 Å². The van der Waals surface area contributed by atoms with Crippen molar-refractivity contribution in [2.75, 3.05) is 13.7 Å². The molecule has 0 spiro atoms. The van der Waals surface area contributed by atoms with E-state index in [1.54, 1.807) is 35.9 Å². The largest absolute Gasteiger partial charge is 0.507 e. The molecule has 0 aliphatic carbocycles. The second-order valence-corrected chi connectivity index (χ2v) is 6.89. The minimum Gasteiger partial charge on any atom is -0.507 e. The molecule has 0 bridgehead atoms. The summed E-state index contributed by atoms with van der Waals surface area (Å²) < 4.78 is 12.1. The molecule has 3 aromatic rings. The molecule has 1 aliphatic heterocycles. The predicted octanol–water partition coefficient (Wildman–Crippen LogP) is 0.597. The van der Waals surface area contributed by atoms with Crippen molar-refractivity contribution < 1.29 is 29.6 Å². The Bertz CT molecular complexity index is 1180. The zero-order chi connectivity index (χ0) is 20.2. The van der Waals surface area contributed by atoms with Crippen LogP contribution in [0.25, 0.3) is 21.8 Å². The highest BCUT2D eigenvalue weighted by Gasteiger charge is 2.50. The van der Waals surface area contributed by atoms with Gasteiger partial charge >= 0.3 is 5.97 Å². The highest BCUT2D eigenvalue weighted by Crippen LogP contribution is 2.42. The van der Waals surface area contributed by atoms with Crippen molar-refractivity contribution >= 4 is 27.8 Å². The molecule has 28 heavy (non-hydrogen) atoms. The molecule has 8 heteroatoms. The molecule has 2 atom stereocenters. The topological polar surface area (TPSA) is 118 Å². The summed E-state index contributed by atoms with van der Waals surface area (Å²) in [6, 6.07) is 8.32. The number of aliphatic hydroxyl groups excluding tert-OH is 1. The van der Waals surface area contributed by atoms with Crippen LogP contribution >= 0.6 is 0 Å². The Morgan fingerprint density at radius 3 is 2.79 bits per heavy atom. The van der Waals surface area contributed by atoms with Crippen molar-refractivity contribution in [3.63, 3.8) is 0 Å². The number of methoxy groups -OCH3 is 1. The number of aromatic nitrogens is 1. The third-order valence-electron chi connectivity index (χ3n) is 5.39. The van der Waals surface area contributed by atoms with Crippen LogP contribution in [0.3, 0.4) is 0 Å². The lowest BCUT2D eigenvalue weighted by molar-refractivity contribution is -0.177. The first-order valence-corrected chi connectivity index (χ1v) is 8.68. The summed E-state index contributed by atoms with van der Waals surface area (Å²) in [5, 5.41) is 31.3. The number of aliphatic hydroxyl groups is 2. The molecule has 0 radical (unpaired) electrons. The maximum atomic E-state index is 13.0. The van der Waals surface area contributed by atoms with E-state index >= 15 is 0 Å². The van der Waals surface area contributed by atoms with E-state index in [4.69, 9.17) is 4.74 Å². The second kappa shape index (κ2) is 6.22. The van der Waals surface area contributed by atoms with E-state index in [0.29, 0.717) is 22.0 Å². The van der Waals surface area contributed by atoms with Crippen LogP contribution in [0.4, 0.5) is 0 Å². The van der Waals surface area contributed by atoms with Crippen molar-refractivity contribution in [3.8, 4) is 11.5 Å². The molecule has 8 nitrogen and oxygen atoms in total. The summed E-state index contributed by atoms with van der Waals surface area (Å²) in [7, 11) is 2.86. The molecule has 4 rings (SSSR count). The number of hydrogen-bond acceptors (Lipinski definition) is 7. The van der Waals surface area contributed by atoms with Crippen LogP contribution in [-0.4, -0.2) is 51.3 Å². The minimum absolute atomic E-state index is 0.0455. The number of esters is 1. The molecular formula is C20H19NO7. The maximum Gasteiger partial charge on any atom is 0.344 e. The summed E-state index contributed by atoms with van der Waals surface area (Å²) in [6.45, 7) is -0.899. The number of benzene rings is 2. The van der Waals surface area contributed by atoms with E-state index < -0.39 is 24.3 Å². The van der Waals surface area contributed by atoms with Crippen molar-refractivity contribution in [2.45, 2.75) is 18.1 Å². The van der Waals surface area contributed by atoms with Gasteiger partial charge in [0.05, 0.1) is 30.1 Å². The number of fused-ring (bicyclic) bond motifs is 4. The fraction of sp³-hybridized carbons (Fsp3) is 0.300. The summed E-state index contributed by atoms with van der Waals surface area (Å²) in [6.07, 6.45) is -1.09. The standard InChI is InChI=1S/C20H19NO7/c1-21-12-6-4-3-5-10(12)18(24)16-13(23)8-14-11(17(16)21)7-15(28-14)20(26,9-22)19(25)27-2/h3-6,8,15,22-23,26H,7,9H2,1-2H3/t15-,20-/m1/s1. The number of ether oxygens (including phenoxy) is 2. The Balaban J connectivity index is 1.99. The van der Waals surface area contributed by atoms with Gasteiger partial charge in [-0.15, -0.1) is 0 Å². The van der Waals surface area contributed by atoms with Gasteiger partial charge < -0.3 is 29.4 Å². The molecule has 2 aromatic carbocycles. The van der Waals surface area contributed by atoms with Gasteiger partial charge in [-0.3, -0.25) is 4.79 Å². The van der Waals surface area contributed by atoms with Crippen molar-refractivity contribution in [1.29, 1.82) is 0 Å². The fourth-order valence-electron chi connectivity index (χ4n) is 3.90. The van der Waals surface area contributed by atoms with E-state index in [1.165, 1.54) is 6.07 Å². The molecule has 0 fully saturated rings. The van der Waals surface area contributed by atoms with Gasteiger partial charge in [0.15, 0.2) is 0 Å². The second-order valence-electron chi connectivity index (χ2n) is 6.89. The number of aryl methyl sites for hydroxylation is 1. The smallest absolute Gasteiger partial charge is 0.344 e. The molecular weight excluding hydrogens is 366 g/mol. The van der Waals surface area contributed by atoms with Crippen molar-refractivity contribution in [1.82, 2.24) is 4.57 Å². The number of pyridine rings is 1. The molecule has 0 saturated carbocycles. The lowest BCUT2D eigenvalue weighted by atomic mass is 9.92. The van der Waals surface area contributed by atoms with Crippen LogP contribution in [0.5, 0.6) is 11.5 Å². The Kier molecular flexibility index (Phi) is 4.06. The molecule has 1 aliphatic rings. The van der Waals surface area contributed by atoms with E-state index in [2.05, 4.69) is 4.74 Å². The van der Waals surface area contributed by atoms with E-state index in [9.17, 15) is 24.9 Å². The zero-order valence-corrected chi connectivity index (χ0v) is 15.3. The SMILES string of the molecule is COC(=O)[C@@](O)(CO)[C@H]1Cc2c(cc(O)c3c(=O)c4ccccc4n(C)c23)O1. The normalized spacial score (nSPS) is 17.9. The monoisotopic (exact) mass is 385 g/mol. The van der Waals surface area contributed by atoms with Crippen LogP contribution in [-0.2, 0) is 23.0 Å². The van der Waals surface area contributed by atoms with E-state index in [0.717, 1.165) is 7.11 Å². The summed E-state index contributed by atoms with van der Waals surface area (Å²) in [4.78, 5) is 25.0. The van der Waals surface area contributed by atoms with Crippen molar-refractivity contribution in [3.05, 3.63) is 46.1 Å². The quantitative estimate of drug-likeness (QED) is 0.446. The van der Waals surface area contributed by atoms with E-state index in [1.807, 2.05) is 0 Å². The number of phenolic OH excluding ortho intramolecular Hbond substituents is 1. The van der Waals surface area contributed by atoms with Crippen LogP contribution in [0.15, 0.2) is 35.1 Å². The molecule has 0 amide bonds. The van der Waals surface area contributed by atoms with E-state index in [-0.39, 0.29) is 28.7 Å². The number of phenols is 1. The number of carbonyl (C=O) groups is 1. The van der Waals surface area contributed by atoms with Crippen LogP contribution < -0.4 is 10.2 Å². The number of aromatic hydroxyl groups is 1. The first kappa shape index (κ1) is 18.3. The van der Waals surface area contributed by atoms with Crippen molar-refractivity contribution in [2.24, 2.45) is 7.05 Å². The first-order chi connectivity index (χ1) is 13.3. The number of rotatable bonds is 3. The number of carbonyl (C=O) groups excluding carboxylic acids is 1. The van der Waals surface area contributed by atoms with Gasteiger partial charge in [-0.25, -0.2) is 4.79 Å².